The van der Waals surface area contributed by atoms with Gasteiger partial charge in [0.2, 0.25) is 5.78 Å². The summed E-state index contributed by atoms with van der Waals surface area (Å²) in [5.41, 5.74) is 4.93. The number of aromatic nitrogens is 4. The Bertz CT molecular complexity index is 1500. The van der Waals surface area contributed by atoms with Crippen LogP contribution in [0.5, 0.6) is 0 Å². The summed E-state index contributed by atoms with van der Waals surface area (Å²) in [4.78, 5) is 26.5. The van der Waals surface area contributed by atoms with E-state index in [4.69, 9.17) is 4.74 Å². The highest BCUT2D eigenvalue weighted by Crippen LogP contribution is 2.50. The van der Waals surface area contributed by atoms with E-state index in [0.29, 0.717) is 24.1 Å². The van der Waals surface area contributed by atoms with Gasteiger partial charge in [0.15, 0.2) is 5.16 Å². The molecule has 0 bridgehead atoms. The molecule has 7 nitrogen and oxygen atoms in total. The Morgan fingerprint density at radius 2 is 1.81 bits per heavy atom. The first-order chi connectivity index (χ1) is 17.6. The molecule has 1 fully saturated rings. The summed E-state index contributed by atoms with van der Waals surface area (Å²) < 4.78 is 8.93. The van der Waals surface area contributed by atoms with Crippen LogP contribution < -0.4 is 5.56 Å². The van der Waals surface area contributed by atoms with Crippen molar-refractivity contribution >= 4 is 23.5 Å². The van der Waals surface area contributed by atoms with Crippen molar-refractivity contribution in [3.8, 4) is 11.3 Å². The molecule has 0 amide bonds. The van der Waals surface area contributed by atoms with Crippen molar-refractivity contribution in [3.05, 3.63) is 81.6 Å². The number of rotatable bonds is 6. The Hall–Kier alpha value is -3.39. The Morgan fingerprint density at radius 1 is 1.06 bits per heavy atom. The second kappa shape index (κ2) is 9.24. The number of hydrogen-bond acceptors (Lipinski definition) is 6. The molecule has 2 aliphatic carbocycles. The van der Waals surface area contributed by atoms with Gasteiger partial charge < -0.3 is 4.74 Å². The second-order valence-corrected chi connectivity index (χ2v) is 10.6. The zero-order chi connectivity index (χ0) is 24.7. The van der Waals surface area contributed by atoms with Crippen LogP contribution in [0.15, 0.2) is 64.5 Å². The number of esters is 1. The molecule has 2 aromatic heterocycles. The normalized spacial score (nSPS) is 15.7. The van der Waals surface area contributed by atoms with E-state index >= 15 is 0 Å². The number of nitrogens with zero attached hydrogens (tertiary/aromatic N) is 4. The van der Waals surface area contributed by atoms with Crippen molar-refractivity contribution in [2.45, 2.75) is 56.1 Å². The van der Waals surface area contributed by atoms with Crippen LogP contribution >= 0.6 is 11.8 Å². The number of carbonyl (C=O) groups excluding carboxylic acids is 1. The molecule has 6 rings (SSSR count). The average molecular weight is 501 g/mol. The summed E-state index contributed by atoms with van der Waals surface area (Å²) in [6.45, 7) is 2.54. The van der Waals surface area contributed by atoms with Gasteiger partial charge >= 0.3 is 5.97 Å². The SMILES string of the molecule is CCOC(=O)CSc1nnc2n(Cc3ccccc3)c(=O)c3c(n12)-c1ccccc1CC31CCCC1. The third kappa shape index (κ3) is 3.75. The van der Waals surface area contributed by atoms with E-state index in [2.05, 4.69) is 28.4 Å². The fraction of sp³-hybridized carbons (Fsp3) is 0.357. The smallest absolute Gasteiger partial charge is 0.316 e. The lowest BCUT2D eigenvalue weighted by Gasteiger charge is -2.37. The number of carbonyl (C=O) groups is 1. The lowest BCUT2D eigenvalue weighted by atomic mass is 9.68. The Kier molecular flexibility index (Phi) is 5.91. The standard InChI is InChI=1S/C28H28N4O3S/c1-2-35-22(33)18-36-27-30-29-26-31(17-19-10-4-3-5-11-19)25(34)23-24(32(26)27)21-13-7-6-12-20(21)16-28(23)14-8-9-15-28/h3-7,10-13H,2,8-9,14-18H2,1H3. The summed E-state index contributed by atoms with van der Waals surface area (Å²) in [5.74, 6) is 0.339. The second-order valence-electron chi connectivity index (χ2n) is 9.63. The average Bonchev–Trinajstić information content (AvgIpc) is 3.53. The molecule has 8 heteroatoms. The van der Waals surface area contributed by atoms with Gasteiger partial charge in [-0.05, 0) is 37.3 Å². The molecule has 2 aliphatic rings. The molecule has 4 aromatic rings. The first-order valence-electron chi connectivity index (χ1n) is 12.5. The lowest BCUT2D eigenvalue weighted by molar-refractivity contribution is -0.139. The van der Waals surface area contributed by atoms with Crippen molar-refractivity contribution in [1.29, 1.82) is 0 Å². The van der Waals surface area contributed by atoms with Gasteiger partial charge in [0, 0.05) is 16.5 Å². The van der Waals surface area contributed by atoms with Gasteiger partial charge in [0.05, 0.1) is 24.6 Å². The van der Waals surface area contributed by atoms with E-state index in [-0.39, 0.29) is 22.7 Å². The maximum absolute atomic E-state index is 14.4. The number of hydrogen-bond donors (Lipinski definition) is 0. The zero-order valence-electron chi connectivity index (χ0n) is 20.3. The minimum absolute atomic E-state index is 0.0205. The highest BCUT2D eigenvalue weighted by Gasteiger charge is 2.45. The van der Waals surface area contributed by atoms with Crippen molar-refractivity contribution in [2.24, 2.45) is 0 Å². The van der Waals surface area contributed by atoms with Crippen LogP contribution in [0.1, 0.15) is 49.3 Å². The molecule has 0 aliphatic heterocycles. The van der Waals surface area contributed by atoms with E-state index < -0.39 is 0 Å². The molecule has 184 valence electrons. The van der Waals surface area contributed by atoms with Gasteiger partial charge in [-0.25, -0.2) is 0 Å². The van der Waals surface area contributed by atoms with Gasteiger partial charge in [-0.3, -0.25) is 18.6 Å². The molecule has 2 aromatic carbocycles. The summed E-state index contributed by atoms with van der Waals surface area (Å²) >= 11 is 1.30. The van der Waals surface area contributed by atoms with Gasteiger partial charge in [-0.2, -0.15) is 0 Å². The summed E-state index contributed by atoms with van der Waals surface area (Å²) in [7, 11) is 0. The van der Waals surface area contributed by atoms with Gasteiger partial charge in [-0.1, -0.05) is 79.2 Å². The van der Waals surface area contributed by atoms with E-state index in [1.54, 1.807) is 11.5 Å². The molecule has 0 N–H and O–H groups in total. The van der Waals surface area contributed by atoms with Crippen LogP contribution in [0.4, 0.5) is 0 Å². The van der Waals surface area contributed by atoms with Crippen LogP contribution in [0.2, 0.25) is 0 Å². The molecule has 2 heterocycles. The number of ether oxygens (including phenoxy) is 1. The van der Waals surface area contributed by atoms with Crippen molar-refractivity contribution in [2.75, 3.05) is 12.4 Å². The highest BCUT2D eigenvalue weighted by molar-refractivity contribution is 7.99. The third-order valence-electron chi connectivity index (χ3n) is 7.48. The highest BCUT2D eigenvalue weighted by atomic mass is 32.2. The molecular weight excluding hydrogens is 472 g/mol. The number of thioether (sulfide) groups is 1. The van der Waals surface area contributed by atoms with Gasteiger partial charge in [0.25, 0.3) is 5.56 Å². The number of fused-ring (bicyclic) bond motifs is 6. The molecule has 0 unspecified atom stereocenters. The monoisotopic (exact) mass is 500 g/mol. The van der Waals surface area contributed by atoms with Crippen molar-refractivity contribution in [1.82, 2.24) is 19.2 Å². The van der Waals surface area contributed by atoms with Crippen LogP contribution in [0, 0.1) is 0 Å². The predicted octanol–water partition coefficient (Wildman–Crippen LogP) is 4.63. The molecule has 0 atom stereocenters. The first kappa shape index (κ1) is 23.0. The minimum atomic E-state index is -0.293. The van der Waals surface area contributed by atoms with Crippen molar-refractivity contribution < 1.29 is 9.53 Å². The number of benzene rings is 2. The van der Waals surface area contributed by atoms with Gasteiger partial charge in [0.1, 0.15) is 0 Å². The molecule has 1 spiro atoms. The summed E-state index contributed by atoms with van der Waals surface area (Å²) in [6.07, 6.45) is 5.09. The maximum atomic E-state index is 14.4. The molecular formula is C28H28N4O3S. The minimum Gasteiger partial charge on any atom is -0.465 e. The fourth-order valence-corrected chi connectivity index (χ4v) is 6.70. The van der Waals surface area contributed by atoms with E-state index in [1.165, 1.54) is 17.3 Å². The Balaban J connectivity index is 1.63. The largest absolute Gasteiger partial charge is 0.465 e. The first-order valence-corrected chi connectivity index (χ1v) is 13.5. The molecule has 0 radical (unpaired) electrons. The predicted molar refractivity (Wildman–Crippen MR) is 139 cm³/mol. The molecule has 0 saturated heterocycles. The topological polar surface area (TPSA) is 78.5 Å². The van der Waals surface area contributed by atoms with E-state index in [0.717, 1.165) is 54.5 Å². The van der Waals surface area contributed by atoms with E-state index in [1.807, 2.05) is 40.8 Å². The van der Waals surface area contributed by atoms with Crippen molar-refractivity contribution in [3.63, 3.8) is 0 Å². The zero-order valence-corrected chi connectivity index (χ0v) is 21.1. The van der Waals surface area contributed by atoms with Gasteiger partial charge in [-0.15, -0.1) is 10.2 Å². The molecule has 36 heavy (non-hydrogen) atoms. The quantitative estimate of drug-likeness (QED) is 0.284. The van der Waals surface area contributed by atoms with Crippen LogP contribution in [0.25, 0.3) is 17.0 Å². The lowest BCUT2D eigenvalue weighted by Crippen LogP contribution is -2.40. The maximum Gasteiger partial charge on any atom is 0.316 e. The van der Waals surface area contributed by atoms with Crippen LogP contribution in [-0.4, -0.2) is 37.5 Å². The summed E-state index contributed by atoms with van der Waals surface area (Å²) in [5, 5.41) is 9.57. The van der Waals surface area contributed by atoms with Crippen LogP contribution in [0.3, 0.4) is 0 Å². The Labute approximate surface area is 213 Å². The van der Waals surface area contributed by atoms with E-state index in [9.17, 15) is 9.59 Å². The Morgan fingerprint density at radius 3 is 2.58 bits per heavy atom. The third-order valence-corrected chi connectivity index (χ3v) is 8.38. The fourth-order valence-electron chi connectivity index (χ4n) is 5.97. The summed E-state index contributed by atoms with van der Waals surface area (Å²) in [6, 6.07) is 18.3. The molecule has 1 saturated carbocycles. The van der Waals surface area contributed by atoms with Crippen LogP contribution in [-0.2, 0) is 27.9 Å².